The van der Waals surface area contributed by atoms with Gasteiger partial charge in [-0.1, -0.05) is 0 Å². The summed E-state index contributed by atoms with van der Waals surface area (Å²) in [7, 11) is 1.58. The van der Waals surface area contributed by atoms with Gasteiger partial charge in [-0.2, -0.15) is 0 Å². The molecular weight excluding hydrogens is 190 g/mol. The van der Waals surface area contributed by atoms with Crippen LogP contribution in [0.2, 0.25) is 0 Å². The van der Waals surface area contributed by atoms with E-state index in [0.717, 1.165) is 6.42 Å². The maximum Gasteiger partial charge on any atom is 0.329 e. The summed E-state index contributed by atoms with van der Waals surface area (Å²) in [5.74, 6) is -1.40. The molecule has 0 unspecified atom stereocenters. The molecule has 0 radical (unpaired) electrons. The molecule has 0 saturated carbocycles. The van der Waals surface area contributed by atoms with Crippen molar-refractivity contribution in [2.75, 3.05) is 33.5 Å². The summed E-state index contributed by atoms with van der Waals surface area (Å²) >= 11 is 0. The van der Waals surface area contributed by atoms with Crippen LogP contribution in [-0.2, 0) is 19.1 Å². The van der Waals surface area contributed by atoms with Crippen molar-refractivity contribution in [2.45, 2.75) is 6.42 Å². The van der Waals surface area contributed by atoms with Crippen LogP contribution >= 0.6 is 0 Å². The summed E-state index contributed by atoms with van der Waals surface area (Å²) in [5, 5.41) is 10.8. The van der Waals surface area contributed by atoms with E-state index < -0.39 is 12.6 Å². The highest BCUT2D eigenvalue weighted by Gasteiger charge is 2.02. The quantitative estimate of drug-likeness (QED) is 0.509. The third-order valence-corrected chi connectivity index (χ3v) is 1.31. The number of ether oxygens (including phenoxy) is 2. The monoisotopic (exact) mass is 205 g/mol. The first-order valence-corrected chi connectivity index (χ1v) is 4.22. The van der Waals surface area contributed by atoms with Crippen molar-refractivity contribution >= 4 is 11.9 Å². The first-order chi connectivity index (χ1) is 6.66. The second-order valence-electron chi connectivity index (χ2n) is 2.58. The first kappa shape index (κ1) is 12.9. The zero-order valence-corrected chi connectivity index (χ0v) is 8.12. The summed E-state index contributed by atoms with van der Waals surface area (Å²) < 4.78 is 9.35. The van der Waals surface area contributed by atoms with E-state index in [9.17, 15) is 9.59 Å². The molecule has 0 aliphatic heterocycles. The minimum absolute atomic E-state index is 0.223. The predicted octanol–water partition coefficient (Wildman–Crippen LogP) is -0.760. The molecule has 0 atom stereocenters. The number of rotatable bonds is 8. The van der Waals surface area contributed by atoms with Gasteiger partial charge < -0.3 is 19.9 Å². The average molecular weight is 205 g/mol. The van der Waals surface area contributed by atoms with E-state index in [4.69, 9.17) is 9.84 Å². The van der Waals surface area contributed by atoms with Crippen LogP contribution < -0.4 is 5.32 Å². The smallest absolute Gasteiger partial charge is 0.329 e. The number of aliphatic carboxylic acids is 1. The van der Waals surface area contributed by atoms with Gasteiger partial charge in [-0.25, -0.2) is 4.79 Å². The van der Waals surface area contributed by atoms with Crippen molar-refractivity contribution < 1.29 is 24.2 Å². The fourth-order valence-corrected chi connectivity index (χ4v) is 0.726. The molecule has 0 heterocycles. The van der Waals surface area contributed by atoms with Crippen molar-refractivity contribution in [1.82, 2.24) is 5.32 Å². The summed E-state index contributed by atoms with van der Waals surface area (Å²) in [5.41, 5.74) is 0. The van der Waals surface area contributed by atoms with Crippen LogP contribution in [0.25, 0.3) is 0 Å². The lowest BCUT2D eigenvalue weighted by molar-refractivity contribution is -0.143. The molecule has 0 rings (SSSR count). The number of nitrogens with one attached hydrogen (secondary N) is 1. The van der Waals surface area contributed by atoms with Crippen LogP contribution in [0.4, 0.5) is 0 Å². The third-order valence-electron chi connectivity index (χ3n) is 1.31. The molecule has 0 aliphatic carbocycles. The van der Waals surface area contributed by atoms with Crippen LogP contribution in [0, 0.1) is 0 Å². The Bertz CT molecular complexity index is 183. The molecule has 82 valence electrons. The Kier molecular flexibility index (Phi) is 7.77. The predicted molar refractivity (Wildman–Crippen MR) is 48.0 cm³/mol. The Morgan fingerprint density at radius 2 is 2.07 bits per heavy atom. The Morgan fingerprint density at radius 1 is 1.36 bits per heavy atom. The number of carboxylic acid groups (broad SMARTS) is 1. The van der Waals surface area contributed by atoms with Gasteiger partial charge in [0.2, 0.25) is 5.91 Å². The lowest BCUT2D eigenvalue weighted by atomic mass is 10.4. The maximum atomic E-state index is 10.9. The van der Waals surface area contributed by atoms with Gasteiger partial charge in [-0.3, -0.25) is 4.79 Å². The van der Waals surface area contributed by atoms with Gasteiger partial charge in [-0.15, -0.1) is 0 Å². The molecule has 6 nitrogen and oxygen atoms in total. The van der Waals surface area contributed by atoms with E-state index in [1.807, 2.05) is 0 Å². The van der Waals surface area contributed by atoms with E-state index in [1.54, 1.807) is 7.11 Å². The number of hydrogen-bond donors (Lipinski definition) is 2. The van der Waals surface area contributed by atoms with Gasteiger partial charge >= 0.3 is 5.97 Å². The van der Waals surface area contributed by atoms with Gasteiger partial charge in [0.1, 0.15) is 13.2 Å². The highest BCUT2D eigenvalue weighted by molar-refractivity contribution is 5.77. The minimum atomic E-state index is -1.09. The van der Waals surface area contributed by atoms with Crippen LogP contribution in [0.1, 0.15) is 6.42 Å². The van der Waals surface area contributed by atoms with Gasteiger partial charge in [-0.05, 0) is 6.42 Å². The van der Waals surface area contributed by atoms with E-state index in [-0.39, 0.29) is 12.5 Å². The maximum absolute atomic E-state index is 10.9. The Balaban J connectivity index is 3.24. The lowest BCUT2D eigenvalue weighted by Crippen LogP contribution is -2.29. The fourth-order valence-electron chi connectivity index (χ4n) is 0.726. The largest absolute Gasteiger partial charge is 0.480 e. The van der Waals surface area contributed by atoms with Gasteiger partial charge in [0.05, 0.1) is 0 Å². The molecule has 0 spiro atoms. The number of carboxylic acids is 1. The number of carbonyl (C=O) groups is 2. The Hall–Kier alpha value is -1.14. The molecule has 0 saturated heterocycles. The van der Waals surface area contributed by atoms with Crippen molar-refractivity contribution in [3.63, 3.8) is 0 Å². The molecule has 0 aromatic heterocycles. The number of amides is 1. The summed E-state index contributed by atoms with van der Waals surface area (Å²) in [4.78, 5) is 20.9. The zero-order chi connectivity index (χ0) is 10.8. The molecule has 0 aromatic carbocycles. The second kappa shape index (κ2) is 8.46. The lowest BCUT2D eigenvalue weighted by Gasteiger charge is -2.04. The third kappa shape index (κ3) is 8.95. The van der Waals surface area contributed by atoms with Crippen LogP contribution in [-0.4, -0.2) is 50.5 Å². The fraction of sp³-hybridized carbons (Fsp3) is 0.750. The zero-order valence-electron chi connectivity index (χ0n) is 8.12. The summed E-state index contributed by atoms with van der Waals surface area (Å²) in [6.45, 7) is 0.407. The van der Waals surface area contributed by atoms with Crippen molar-refractivity contribution in [1.29, 1.82) is 0 Å². The van der Waals surface area contributed by atoms with E-state index in [1.165, 1.54) is 0 Å². The van der Waals surface area contributed by atoms with E-state index >= 15 is 0 Å². The van der Waals surface area contributed by atoms with E-state index in [0.29, 0.717) is 13.2 Å². The highest BCUT2D eigenvalue weighted by atomic mass is 16.5. The Morgan fingerprint density at radius 3 is 2.64 bits per heavy atom. The molecule has 2 N–H and O–H groups in total. The minimum Gasteiger partial charge on any atom is -0.480 e. The number of carbonyl (C=O) groups excluding carboxylic acids is 1. The molecule has 0 aliphatic rings. The van der Waals surface area contributed by atoms with Crippen LogP contribution in [0.15, 0.2) is 0 Å². The first-order valence-electron chi connectivity index (χ1n) is 4.22. The molecular formula is C8H15NO5. The van der Waals surface area contributed by atoms with Gasteiger partial charge in [0.25, 0.3) is 0 Å². The second-order valence-corrected chi connectivity index (χ2v) is 2.58. The van der Waals surface area contributed by atoms with Gasteiger partial charge in [0, 0.05) is 20.3 Å². The molecule has 0 aromatic rings. The van der Waals surface area contributed by atoms with E-state index in [2.05, 4.69) is 10.1 Å². The Labute approximate surface area is 82.2 Å². The standard InChI is InChI=1S/C8H15NO5/c1-13-4-2-3-9-7(10)5-14-6-8(11)12/h2-6H2,1H3,(H,9,10)(H,11,12). The molecule has 0 fully saturated rings. The van der Waals surface area contributed by atoms with Crippen molar-refractivity contribution in [3.8, 4) is 0 Å². The van der Waals surface area contributed by atoms with Crippen molar-refractivity contribution in [2.24, 2.45) is 0 Å². The molecule has 14 heavy (non-hydrogen) atoms. The van der Waals surface area contributed by atoms with Crippen molar-refractivity contribution in [3.05, 3.63) is 0 Å². The summed E-state index contributed by atoms with van der Waals surface area (Å²) in [6, 6.07) is 0. The highest BCUT2D eigenvalue weighted by Crippen LogP contribution is 1.79. The van der Waals surface area contributed by atoms with Crippen LogP contribution in [0.3, 0.4) is 0 Å². The molecule has 0 bridgehead atoms. The normalized spacial score (nSPS) is 9.79. The average Bonchev–Trinajstić information content (AvgIpc) is 2.12. The topological polar surface area (TPSA) is 84.9 Å². The van der Waals surface area contributed by atoms with Crippen LogP contribution in [0.5, 0.6) is 0 Å². The number of methoxy groups -OCH3 is 1. The molecule has 6 heteroatoms. The number of hydrogen-bond acceptors (Lipinski definition) is 4. The van der Waals surface area contributed by atoms with Gasteiger partial charge in [0.15, 0.2) is 0 Å². The summed E-state index contributed by atoms with van der Waals surface area (Å²) in [6.07, 6.45) is 0.723. The molecule has 1 amide bonds. The SMILES string of the molecule is COCCCNC(=O)COCC(=O)O.